The molecule has 1 aromatic heterocycles. The summed E-state index contributed by atoms with van der Waals surface area (Å²) in [5.41, 5.74) is 0.753. The third-order valence-corrected chi connectivity index (χ3v) is 1.46. The van der Waals surface area contributed by atoms with Crippen LogP contribution in [-0.4, -0.2) is 30.3 Å². The van der Waals surface area contributed by atoms with E-state index in [1.165, 1.54) is 6.33 Å². The molecule has 0 fully saturated rings. The molecule has 0 saturated heterocycles. The van der Waals surface area contributed by atoms with E-state index >= 15 is 0 Å². The largest absolute Gasteiger partial charge is 0.363 e. The standard InChI is InChI=1S/C8H11N3O/c1-11(2)8-5-7(3-4-12)9-6-10-8/h4-6H,3H2,1-2H3. The molecule has 0 N–H and O–H groups in total. The Morgan fingerprint density at radius 2 is 2.25 bits per heavy atom. The van der Waals surface area contributed by atoms with Gasteiger partial charge in [0, 0.05) is 26.6 Å². The fourth-order valence-corrected chi connectivity index (χ4v) is 0.827. The first-order valence-electron chi connectivity index (χ1n) is 3.66. The number of rotatable bonds is 3. The molecule has 0 spiro atoms. The van der Waals surface area contributed by atoms with Crippen LogP contribution in [0.2, 0.25) is 0 Å². The van der Waals surface area contributed by atoms with Gasteiger partial charge in [0.2, 0.25) is 0 Å². The lowest BCUT2D eigenvalue weighted by molar-refractivity contribution is -0.107. The Kier molecular flexibility index (Phi) is 2.74. The minimum absolute atomic E-state index is 0.351. The summed E-state index contributed by atoms with van der Waals surface area (Å²) in [6.07, 6.45) is 2.65. The SMILES string of the molecule is CN(C)c1cc(CC=O)ncn1. The summed E-state index contributed by atoms with van der Waals surface area (Å²) in [6, 6.07) is 1.80. The molecule has 0 saturated carbocycles. The molecule has 12 heavy (non-hydrogen) atoms. The number of carbonyl (C=O) groups excluding carboxylic acids is 1. The van der Waals surface area contributed by atoms with Crippen LogP contribution in [-0.2, 0) is 11.2 Å². The molecule has 0 atom stereocenters. The highest BCUT2D eigenvalue weighted by Crippen LogP contribution is 2.06. The molecule has 0 aliphatic rings. The molecule has 0 bridgehead atoms. The van der Waals surface area contributed by atoms with Crippen molar-refractivity contribution in [3.05, 3.63) is 18.1 Å². The Balaban J connectivity index is 2.87. The molecule has 0 aromatic carbocycles. The van der Waals surface area contributed by atoms with Crippen molar-refractivity contribution in [1.29, 1.82) is 0 Å². The molecule has 4 heteroatoms. The van der Waals surface area contributed by atoms with E-state index in [1.807, 2.05) is 19.0 Å². The predicted molar refractivity (Wildman–Crippen MR) is 46.1 cm³/mol. The first kappa shape index (κ1) is 8.64. The van der Waals surface area contributed by atoms with Gasteiger partial charge in [0.15, 0.2) is 0 Å². The lowest BCUT2D eigenvalue weighted by Gasteiger charge is -2.10. The molecule has 1 rings (SSSR count). The molecular weight excluding hydrogens is 154 g/mol. The van der Waals surface area contributed by atoms with Crippen LogP contribution < -0.4 is 4.90 Å². The van der Waals surface area contributed by atoms with Gasteiger partial charge in [0.1, 0.15) is 18.4 Å². The van der Waals surface area contributed by atoms with Crippen LogP contribution in [0, 0.1) is 0 Å². The quantitative estimate of drug-likeness (QED) is 0.604. The zero-order chi connectivity index (χ0) is 8.97. The van der Waals surface area contributed by atoms with Crippen molar-refractivity contribution in [3.63, 3.8) is 0 Å². The number of aromatic nitrogens is 2. The highest BCUT2D eigenvalue weighted by Gasteiger charge is 1.98. The van der Waals surface area contributed by atoms with Crippen molar-refractivity contribution in [3.8, 4) is 0 Å². The lowest BCUT2D eigenvalue weighted by atomic mass is 10.3. The molecule has 0 aliphatic carbocycles. The summed E-state index contributed by atoms with van der Waals surface area (Å²) in [4.78, 5) is 20.0. The fraction of sp³-hybridized carbons (Fsp3) is 0.375. The van der Waals surface area contributed by atoms with Gasteiger partial charge in [-0.2, -0.15) is 0 Å². The van der Waals surface area contributed by atoms with Gasteiger partial charge in [-0.3, -0.25) is 0 Å². The Hall–Kier alpha value is -1.45. The number of anilines is 1. The molecule has 0 unspecified atom stereocenters. The van der Waals surface area contributed by atoms with E-state index in [0.717, 1.165) is 17.8 Å². The Morgan fingerprint density at radius 1 is 1.50 bits per heavy atom. The van der Waals surface area contributed by atoms with Gasteiger partial charge < -0.3 is 9.69 Å². The summed E-state index contributed by atoms with van der Waals surface area (Å²) >= 11 is 0. The molecule has 64 valence electrons. The monoisotopic (exact) mass is 165 g/mol. The molecular formula is C8H11N3O. The van der Waals surface area contributed by atoms with E-state index < -0.39 is 0 Å². The van der Waals surface area contributed by atoms with Crippen LogP contribution in [0.5, 0.6) is 0 Å². The molecule has 0 aliphatic heterocycles. The van der Waals surface area contributed by atoms with Crippen molar-refractivity contribution in [1.82, 2.24) is 9.97 Å². The average Bonchev–Trinajstić information content (AvgIpc) is 2.05. The maximum absolute atomic E-state index is 10.2. The van der Waals surface area contributed by atoms with Crippen molar-refractivity contribution in [2.75, 3.05) is 19.0 Å². The summed E-state index contributed by atoms with van der Waals surface area (Å²) in [7, 11) is 3.79. The Labute approximate surface area is 71.3 Å². The predicted octanol–water partition coefficient (Wildman–Crippen LogP) is 0.284. The molecule has 0 amide bonds. The van der Waals surface area contributed by atoms with E-state index in [-0.39, 0.29) is 0 Å². The van der Waals surface area contributed by atoms with Crippen molar-refractivity contribution < 1.29 is 4.79 Å². The van der Waals surface area contributed by atoms with E-state index in [4.69, 9.17) is 0 Å². The lowest BCUT2D eigenvalue weighted by Crippen LogP contribution is -2.11. The Morgan fingerprint density at radius 3 is 2.83 bits per heavy atom. The van der Waals surface area contributed by atoms with Gasteiger partial charge in [0.25, 0.3) is 0 Å². The first-order valence-corrected chi connectivity index (χ1v) is 3.66. The number of hydrogen-bond acceptors (Lipinski definition) is 4. The zero-order valence-corrected chi connectivity index (χ0v) is 7.19. The highest BCUT2D eigenvalue weighted by atomic mass is 16.1. The van der Waals surface area contributed by atoms with Crippen LogP contribution in [0.4, 0.5) is 5.82 Å². The number of carbonyl (C=O) groups is 1. The van der Waals surface area contributed by atoms with Gasteiger partial charge in [0.05, 0.1) is 5.69 Å². The van der Waals surface area contributed by atoms with Gasteiger partial charge in [-0.1, -0.05) is 0 Å². The maximum atomic E-state index is 10.2. The van der Waals surface area contributed by atoms with Crippen molar-refractivity contribution in [2.45, 2.75) is 6.42 Å². The number of nitrogens with zero attached hydrogens (tertiary/aromatic N) is 3. The molecule has 0 radical (unpaired) electrons. The highest BCUT2D eigenvalue weighted by molar-refractivity contribution is 5.54. The second-order valence-electron chi connectivity index (χ2n) is 2.63. The number of hydrogen-bond donors (Lipinski definition) is 0. The minimum Gasteiger partial charge on any atom is -0.363 e. The summed E-state index contributed by atoms with van der Waals surface area (Å²) in [5, 5.41) is 0. The van der Waals surface area contributed by atoms with E-state index in [2.05, 4.69) is 9.97 Å². The summed E-state index contributed by atoms with van der Waals surface area (Å²) in [6.45, 7) is 0. The molecule has 1 heterocycles. The minimum atomic E-state index is 0.351. The second kappa shape index (κ2) is 3.80. The van der Waals surface area contributed by atoms with Crippen LogP contribution in [0.3, 0.4) is 0 Å². The topological polar surface area (TPSA) is 46.1 Å². The smallest absolute Gasteiger partial charge is 0.131 e. The summed E-state index contributed by atoms with van der Waals surface area (Å²) < 4.78 is 0. The van der Waals surface area contributed by atoms with Crippen LogP contribution in [0.25, 0.3) is 0 Å². The van der Waals surface area contributed by atoms with Crippen LogP contribution in [0.15, 0.2) is 12.4 Å². The zero-order valence-electron chi connectivity index (χ0n) is 7.19. The van der Waals surface area contributed by atoms with Gasteiger partial charge in [-0.15, -0.1) is 0 Å². The normalized spacial score (nSPS) is 9.50. The molecule has 4 nitrogen and oxygen atoms in total. The Bertz CT molecular complexity index is 273. The summed E-state index contributed by atoms with van der Waals surface area (Å²) in [5.74, 6) is 0.821. The van der Waals surface area contributed by atoms with Crippen molar-refractivity contribution >= 4 is 12.1 Å². The fourth-order valence-electron chi connectivity index (χ4n) is 0.827. The first-order chi connectivity index (χ1) is 5.74. The van der Waals surface area contributed by atoms with Crippen LogP contribution in [0.1, 0.15) is 5.69 Å². The van der Waals surface area contributed by atoms with Gasteiger partial charge >= 0.3 is 0 Å². The second-order valence-corrected chi connectivity index (χ2v) is 2.63. The van der Waals surface area contributed by atoms with Gasteiger partial charge in [-0.25, -0.2) is 9.97 Å². The number of aldehydes is 1. The van der Waals surface area contributed by atoms with E-state index in [9.17, 15) is 4.79 Å². The van der Waals surface area contributed by atoms with Crippen molar-refractivity contribution in [2.24, 2.45) is 0 Å². The third-order valence-electron chi connectivity index (χ3n) is 1.46. The molecule has 1 aromatic rings. The maximum Gasteiger partial charge on any atom is 0.131 e. The van der Waals surface area contributed by atoms with E-state index in [0.29, 0.717) is 6.42 Å². The third kappa shape index (κ3) is 2.02. The van der Waals surface area contributed by atoms with Gasteiger partial charge in [-0.05, 0) is 0 Å². The van der Waals surface area contributed by atoms with Crippen LogP contribution >= 0.6 is 0 Å². The van der Waals surface area contributed by atoms with E-state index in [1.54, 1.807) is 6.07 Å². The average molecular weight is 165 g/mol.